The number of ketones is 1. The molecule has 5 N–H and O–H groups in total. The summed E-state index contributed by atoms with van der Waals surface area (Å²) in [6.45, 7) is 3.69. The zero-order valence-corrected chi connectivity index (χ0v) is 9.45. The van der Waals surface area contributed by atoms with Crippen molar-refractivity contribution in [2.75, 3.05) is 6.54 Å². The second kappa shape index (κ2) is 7.36. The molecular weight excluding hydrogens is 194 g/mol. The van der Waals surface area contributed by atoms with E-state index in [9.17, 15) is 9.59 Å². The fourth-order valence-electron chi connectivity index (χ4n) is 1.06. The zero-order valence-electron chi connectivity index (χ0n) is 9.45. The van der Waals surface area contributed by atoms with Crippen LogP contribution in [-0.2, 0) is 9.59 Å². The van der Waals surface area contributed by atoms with Crippen LogP contribution in [0, 0.1) is 0 Å². The summed E-state index contributed by atoms with van der Waals surface area (Å²) in [5.74, 6) is -0.341. The molecule has 1 amide bonds. The predicted molar refractivity (Wildman–Crippen MR) is 59.2 cm³/mol. The second-order valence-electron chi connectivity index (χ2n) is 3.73. The number of unbranched alkanes of at least 4 members (excludes halogenated alkanes) is 1. The zero-order chi connectivity index (χ0) is 11.8. The first-order valence-corrected chi connectivity index (χ1v) is 5.25. The molecule has 0 aliphatic heterocycles. The Morgan fingerprint density at radius 1 is 1.33 bits per heavy atom. The lowest BCUT2D eigenvalue weighted by molar-refractivity contribution is -0.127. The fraction of sp³-hybridized carbons (Fsp3) is 0.800. The minimum Gasteiger partial charge on any atom is -0.345 e. The van der Waals surface area contributed by atoms with Gasteiger partial charge in [0.15, 0.2) is 5.78 Å². The molecular formula is C10H21N3O2. The number of carbonyl (C=O) groups is 2. The van der Waals surface area contributed by atoms with Crippen LogP contribution < -0.4 is 16.8 Å². The van der Waals surface area contributed by atoms with Crippen LogP contribution in [0.2, 0.25) is 0 Å². The highest BCUT2D eigenvalue weighted by molar-refractivity contribution is 5.89. The van der Waals surface area contributed by atoms with E-state index in [-0.39, 0.29) is 11.7 Å². The maximum Gasteiger partial charge on any atom is 0.237 e. The maximum absolute atomic E-state index is 11.4. The molecule has 0 aromatic rings. The van der Waals surface area contributed by atoms with Crippen molar-refractivity contribution < 1.29 is 9.59 Å². The number of carbonyl (C=O) groups excluding carboxylic acids is 2. The molecule has 0 aliphatic carbocycles. The highest BCUT2D eigenvalue weighted by atomic mass is 16.2. The van der Waals surface area contributed by atoms with Crippen LogP contribution in [0.3, 0.4) is 0 Å². The van der Waals surface area contributed by atoms with Gasteiger partial charge in [-0.1, -0.05) is 6.42 Å². The molecule has 2 atom stereocenters. The summed E-state index contributed by atoms with van der Waals surface area (Å²) < 4.78 is 0. The Bertz CT molecular complexity index is 219. The van der Waals surface area contributed by atoms with E-state index >= 15 is 0 Å². The number of nitrogens with two attached hydrogens (primary N) is 2. The summed E-state index contributed by atoms with van der Waals surface area (Å²) in [4.78, 5) is 22.3. The smallest absolute Gasteiger partial charge is 0.237 e. The highest BCUT2D eigenvalue weighted by Crippen LogP contribution is 1.98. The van der Waals surface area contributed by atoms with Crippen LogP contribution in [0.1, 0.15) is 33.1 Å². The first kappa shape index (κ1) is 14.1. The van der Waals surface area contributed by atoms with Crippen molar-refractivity contribution in [2.45, 2.75) is 45.2 Å². The van der Waals surface area contributed by atoms with Crippen molar-refractivity contribution in [1.29, 1.82) is 0 Å². The van der Waals surface area contributed by atoms with Crippen LogP contribution in [0.25, 0.3) is 0 Å². The largest absolute Gasteiger partial charge is 0.345 e. The number of hydrogen-bond acceptors (Lipinski definition) is 4. The van der Waals surface area contributed by atoms with Gasteiger partial charge in [-0.15, -0.1) is 0 Å². The summed E-state index contributed by atoms with van der Waals surface area (Å²) in [5.41, 5.74) is 11.0. The van der Waals surface area contributed by atoms with E-state index in [0.717, 1.165) is 12.8 Å². The summed E-state index contributed by atoms with van der Waals surface area (Å²) in [7, 11) is 0. The number of amides is 1. The fourth-order valence-corrected chi connectivity index (χ4v) is 1.06. The lowest BCUT2D eigenvalue weighted by atomic mass is 10.1. The third kappa shape index (κ3) is 6.19. The molecule has 0 heterocycles. The first-order valence-electron chi connectivity index (χ1n) is 5.25. The van der Waals surface area contributed by atoms with Crippen LogP contribution >= 0.6 is 0 Å². The third-order valence-electron chi connectivity index (χ3n) is 2.27. The van der Waals surface area contributed by atoms with E-state index in [1.807, 2.05) is 0 Å². The van der Waals surface area contributed by atoms with Gasteiger partial charge < -0.3 is 16.8 Å². The Hall–Kier alpha value is -0.940. The predicted octanol–water partition coefficient (Wildman–Crippen LogP) is -0.464. The molecule has 0 aromatic carbocycles. The highest BCUT2D eigenvalue weighted by Gasteiger charge is 2.16. The minimum absolute atomic E-state index is 0.0718. The molecule has 0 saturated heterocycles. The van der Waals surface area contributed by atoms with Crippen molar-refractivity contribution in [2.24, 2.45) is 11.5 Å². The average Bonchev–Trinajstić information content (AvgIpc) is 2.17. The molecule has 0 radical (unpaired) electrons. The summed E-state index contributed by atoms with van der Waals surface area (Å²) in [6.07, 6.45) is 2.30. The van der Waals surface area contributed by atoms with E-state index in [0.29, 0.717) is 13.0 Å². The molecule has 0 aliphatic rings. The molecule has 0 fully saturated rings. The van der Waals surface area contributed by atoms with Gasteiger partial charge in [0.1, 0.15) is 0 Å². The molecule has 0 bridgehead atoms. The Balaban J connectivity index is 3.83. The summed E-state index contributed by atoms with van der Waals surface area (Å²) in [5, 5.41) is 2.56. The van der Waals surface area contributed by atoms with E-state index in [1.54, 1.807) is 6.92 Å². The van der Waals surface area contributed by atoms with Crippen molar-refractivity contribution in [3.05, 3.63) is 0 Å². The Morgan fingerprint density at radius 2 is 1.93 bits per heavy atom. The van der Waals surface area contributed by atoms with Gasteiger partial charge in [-0.05, 0) is 33.2 Å². The van der Waals surface area contributed by atoms with Gasteiger partial charge in [-0.2, -0.15) is 0 Å². The van der Waals surface area contributed by atoms with E-state index < -0.39 is 12.1 Å². The van der Waals surface area contributed by atoms with Crippen LogP contribution in [-0.4, -0.2) is 30.3 Å². The normalized spacial score (nSPS) is 14.4. The quantitative estimate of drug-likeness (QED) is 0.500. The lowest BCUT2D eigenvalue weighted by Crippen LogP contribution is -2.46. The first-order chi connectivity index (χ1) is 6.99. The lowest BCUT2D eigenvalue weighted by Gasteiger charge is -2.15. The number of Topliss-reactive ketones (excluding diaryl/α,β-unsaturated/α-hetero) is 1. The molecule has 88 valence electrons. The van der Waals surface area contributed by atoms with Gasteiger partial charge in [0, 0.05) is 0 Å². The summed E-state index contributed by atoms with van der Waals surface area (Å²) in [6, 6.07) is -1.00. The number of nitrogens with one attached hydrogen (secondary N) is 1. The molecule has 5 heteroatoms. The van der Waals surface area contributed by atoms with Gasteiger partial charge >= 0.3 is 0 Å². The molecule has 0 rings (SSSR count). The minimum atomic E-state index is -0.543. The van der Waals surface area contributed by atoms with E-state index in [4.69, 9.17) is 11.5 Å². The number of rotatable bonds is 7. The van der Waals surface area contributed by atoms with Crippen LogP contribution in [0.15, 0.2) is 0 Å². The van der Waals surface area contributed by atoms with Crippen LogP contribution in [0.4, 0.5) is 0 Å². The van der Waals surface area contributed by atoms with Crippen LogP contribution in [0.5, 0.6) is 0 Å². The Kier molecular flexibility index (Phi) is 6.90. The van der Waals surface area contributed by atoms with Gasteiger partial charge in [0.05, 0.1) is 12.1 Å². The molecule has 0 saturated carbocycles. The standard InChI is InChI=1S/C10H21N3O2/c1-7(8(2)14)13-10(15)9(12)5-3-4-6-11/h7,9H,3-6,11-12H2,1-2H3,(H,13,15)/t7-,9-/m0/s1. The monoisotopic (exact) mass is 215 g/mol. The SMILES string of the molecule is CC(=O)[C@H](C)NC(=O)[C@@H](N)CCCCN. The number of hydrogen-bond donors (Lipinski definition) is 3. The molecule has 0 aromatic heterocycles. The van der Waals surface area contributed by atoms with Gasteiger partial charge in [-0.25, -0.2) is 0 Å². The topological polar surface area (TPSA) is 98.2 Å². The van der Waals surface area contributed by atoms with Crippen molar-refractivity contribution in [1.82, 2.24) is 5.32 Å². The molecule has 5 nitrogen and oxygen atoms in total. The van der Waals surface area contributed by atoms with Crippen molar-refractivity contribution in [3.63, 3.8) is 0 Å². The van der Waals surface area contributed by atoms with Gasteiger partial charge in [-0.3, -0.25) is 9.59 Å². The molecule has 15 heavy (non-hydrogen) atoms. The Morgan fingerprint density at radius 3 is 2.40 bits per heavy atom. The van der Waals surface area contributed by atoms with Gasteiger partial charge in [0.25, 0.3) is 0 Å². The maximum atomic E-state index is 11.4. The molecule has 0 unspecified atom stereocenters. The summed E-state index contributed by atoms with van der Waals surface area (Å²) >= 11 is 0. The second-order valence-corrected chi connectivity index (χ2v) is 3.73. The molecule has 0 spiro atoms. The van der Waals surface area contributed by atoms with E-state index in [1.165, 1.54) is 6.92 Å². The Labute approximate surface area is 90.6 Å². The average molecular weight is 215 g/mol. The van der Waals surface area contributed by atoms with Crippen molar-refractivity contribution >= 4 is 11.7 Å². The third-order valence-corrected chi connectivity index (χ3v) is 2.27. The van der Waals surface area contributed by atoms with Gasteiger partial charge in [0.2, 0.25) is 5.91 Å². The van der Waals surface area contributed by atoms with E-state index in [2.05, 4.69) is 5.32 Å². The van der Waals surface area contributed by atoms with Crippen molar-refractivity contribution in [3.8, 4) is 0 Å².